The molecule has 1 aromatic carbocycles. The summed E-state index contributed by atoms with van der Waals surface area (Å²) in [5.74, 6) is -0.217. The van der Waals surface area contributed by atoms with Gasteiger partial charge < -0.3 is 4.90 Å². The molecule has 2 heterocycles. The molecule has 2 aliphatic rings. The van der Waals surface area contributed by atoms with Gasteiger partial charge in [0.1, 0.15) is 0 Å². The van der Waals surface area contributed by atoms with Crippen LogP contribution in [0.15, 0.2) is 24.3 Å². The molecule has 108 valence electrons. The zero-order chi connectivity index (χ0) is 14.3. The molecule has 6 heteroatoms. The van der Waals surface area contributed by atoms with Crippen molar-refractivity contribution in [2.75, 3.05) is 18.1 Å². The fraction of sp³-hybridized carbons (Fsp3) is 0.500. The number of carbonyl (C=O) groups is 1. The van der Waals surface area contributed by atoms with Crippen LogP contribution < -0.4 is 0 Å². The Morgan fingerprint density at radius 2 is 1.90 bits per heavy atom. The summed E-state index contributed by atoms with van der Waals surface area (Å²) >= 11 is 5.86. The van der Waals surface area contributed by atoms with E-state index in [2.05, 4.69) is 0 Å². The Labute approximate surface area is 123 Å². The number of carbonyl (C=O) groups excluding carboxylic acids is 1. The standard InChI is InChI=1S/C14H16ClNO3S/c15-12-3-1-10(2-4-12)13-5-7-16(13)14(17)11-6-8-20(18,19)9-11/h1-4,11,13H,5-9H2/t11-,13-/m0/s1. The number of likely N-dealkylation sites (tertiary alicyclic amines) is 1. The Kier molecular flexibility index (Phi) is 3.50. The van der Waals surface area contributed by atoms with Gasteiger partial charge in [0, 0.05) is 11.6 Å². The molecule has 0 spiro atoms. The van der Waals surface area contributed by atoms with Gasteiger partial charge in [-0.25, -0.2) is 8.42 Å². The molecule has 2 aliphatic heterocycles. The topological polar surface area (TPSA) is 54.5 Å². The molecule has 0 saturated carbocycles. The minimum Gasteiger partial charge on any atom is -0.335 e. The molecule has 0 N–H and O–H groups in total. The molecular weight excluding hydrogens is 298 g/mol. The first-order valence-electron chi connectivity index (χ1n) is 6.73. The summed E-state index contributed by atoms with van der Waals surface area (Å²) < 4.78 is 23.0. The Bertz CT molecular complexity index is 626. The van der Waals surface area contributed by atoms with E-state index in [9.17, 15) is 13.2 Å². The predicted octanol–water partition coefficient (Wildman–Crippen LogP) is 2.05. The van der Waals surface area contributed by atoms with Crippen LogP contribution in [-0.4, -0.2) is 37.3 Å². The van der Waals surface area contributed by atoms with Crippen molar-refractivity contribution >= 4 is 27.3 Å². The van der Waals surface area contributed by atoms with E-state index < -0.39 is 9.84 Å². The fourth-order valence-electron chi connectivity index (χ4n) is 2.91. The van der Waals surface area contributed by atoms with Gasteiger partial charge in [-0.3, -0.25) is 4.79 Å². The van der Waals surface area contributed by atoms with Crippen molar-refractivity contribution in [1.82, 2.24) is 4.90 Å². The van der Waals surface area contributed by atoms with Gasteiger partial charge in [0.25, 0.3) is 0 Å². The van der Waals surface area contributed by atoms with Crippen LogP contribution in [0.1, 0.15) is 24.4 Å². The van der Waals surface area contributed by atoms with Crippen LogP contribution in [0.25, 0.3) is 0 Å². The summed E-state index contributed by atoms with van der Waals surface area (Å²) in [5.41, 5.74) is 1.06. The molecule has 4 nitrogen and oxygen atoms in total. The lowest BCUT2D eigenvalue weighted by molar-refractivity contribution is -0.142. The van der Waals surface area contributed by atoms with Gasteiger partial charge in [-0.2, -0.15) is 0 Å². The SMILES string of the molecule is O=C([C@H]1CCS(=O)(=O)C1)N1CC[C@H]1c1ccc(Cl)cc1. The van der Waals surface area contributed by atoms with E-state index in [1.807, 2.05) is 24.3 Å². The van der Waals surface area contributed by atoms with Gasteiger partial charge in [-0.1, -0.05) is 23.7 Å². The highest BCUT2D eigenvalue weighted by molar-refractivity contribution is 7.91. The third-order valence-electron chi connectivity index (χ3n) is 4.14. The number of nitrogens with zero attached hydrogens (tertiary/aromatic N) is 1. The van der Waals surface area contributed by atoms with Crippen LogP contribution in [0.5, 0.6) is 0 Å². The summed E-state index contributed by atoms with van der Waals surface area (Å²) in [6.45, 7) is 0.711. The van der Waals surface area contributed by atoms with Crippen LogP contribution >= 0.6 is 11.6 Å². The number of rotatable bonds is 2. The first kappa shape index (κ1) is 13.9. The van der Waals surface area contributed by atoms with Crippen molar-refractivity contribution in [1.29, 1.82) is 0 Å². The van der Waals surface area contributed by atoms with Gasteiger partial charge in [0.2, 0.25) is 5.91 Å². The molecule has 2 atom stereocenters. The molecule has 0 aliphatic carbocycles. The summed E-state index contributed by atoms with van der Waals surface area (Å²) in [6, 6.07) is 7.56. The predicted molar refractivity (Wildman–Crippen MR) is 77.3 cm³/mol. The van der Waals surface area contributed by atoms with Crippen LogP contribution in [0.4, 0.5) is 0 Å². The molecule has 1 aromatic rings. The van der Waals surface area contributed by atoms with Crippen LogP contribution in [0.2, 0.25) is 5.02 Å². The van der Waals surface area contributed by atoms with Crippen LogP contribution in [0.3, 0.4) is 0 Å². The van der Waals surface area contributed by atoms with E-state index in [4.69, 9.17) is 11.6 Å². The fourth-order valence-corrected chi connectivity index (χ4v) is 4.77. The zero-order valence-electron chi connectivity index (χ0n) is 11.0. The second-order valence-electron chi connectivity index (χ2n) is 5.49. The largest absolute Gasteiger partial charge is 0.335 e. The van der Waals surface area contributed by atoms with Crippen molar-refractivity contribution in [2.45, 2.75) is 18.9 Å². The van der Waals surface area contributed by atoms with Gasteiger partial charge >= 0.3 is 0 Å². The number of sulfone groups is 1. The average molecular weight is 314 g/mol. The molecule has 2 fully saturated rings. The van der Waals surface area contributed by atoms with E-state index >= 15 is 0 Å². The normalized spacial score (nSPS) is 28.1. The number of hydrogen-bond acceptors (Lipinski definition) is 3. The lowest BCUT2D eigenvalue weighted by Gasteiger charge is -2.42. The Morgan fingerprint density at radius 1 is 1.20 bits per heavy atom. The van der Waals surface area contributed by atoms with Gasteiger partial charge in [-0.15, -0.1) is 0 Å². The Hall–Kier alpha value is -1.07. The number of hydrogen-bond donors (Lipinski definition) is 0. The lowest BCUT2D eigenvalue weighted by atomic mass is 9.92. The zero-order valence-corrected chi connectivity index (χ0v) is 12.5. The minimum absolute atomic E-state index is 0.00959. The maximum absolute atomic E-state index is 12.4. The Morgan fingerprint density at radius 3 is 2.40 bits per heavy atom. The van der Waals surface area contributed by atoms with Gasteiger partial charge in [0.15, 0.2) is 9.84 Å². The van der Waals surface area contributed by atoms with E-state index in [0.717, 1.165) is 12.0 Å². The number of halogens is 1. The number of amides is 1. The second kappa shape index (κ2) is 5.04. The molecule has 1 amide bonds. The van der Waals surface area contributed by atoms with Crippen LogP contribution in [0, 0.1) is 5.92 Å². The van der Waals surface area contributed by atoms with Crippen molar-refractivity contribution in [3.05, 3.63) is 34.9 Å². The van der Waals surface area contributed by atoms with E-state index in [-0.39, 0.29) is 29.4 Å². The first-order chi connectivity index (χ1) is 9.46. The maximum Gasteiger partial charge on any atom is 0.227 e. The monoisotopic (exact) mass is 313 g/mol. The van der Waals surface area contributed by atoms with Crippen molar-refractivity contribution in [3.63, 3.8) is 0 Å². The second-order valence-corrected chi connectivity index (χ2v) is 8.15. The maximum atomic E-state index is 12.4. The van der Waals surface area contributed by atoms with E-state index in [1.54, 1.807) is 4.90 Å². The molecule has 0 radical (unpaired) electrons. The minimum atomic E-state index is -3.01. The first-order valence-corrected chi connectivity index (χ1v) is 8.92. The van der Waals surface area contributed by atoms with E-state index in [1.165, 1.54) is 0 Å². The van der Waals surface area contributed by atoms with Gasteiger partial charge in [-0.05, 0) is 30.5 Å². The third-order valence-corrected chi connectivity index (χ3v) is 6.16. The molecule has 0 bridgehead atoms. The summed E-state index contributed by atoms with van der Waals surface area (Å²) in [7, 11) is -3.01. The molecule has 2 saturated heterocycles. The highest BCUT2D eigenvalue weighted by Gasteiger charge is 2.41. The van der Waals surface area contributed by atoms with Crippen molar-refractivity contribution in [2.24, 2.45) is 5.92 Å². The van der Waals surface area contributed by atoms with Crippen LogP contribution in [-0.2, 0) is 14.6 Å². The molecular formula is C14H16ClNO3S. The summed E-state index contributed by atoms with van der Waals surface area (Å²) in [4.78, 5) is 14.2. The highest BCUT2D eigenvalue weighted by atomic mass is 35.5. The van der Waals surface area contributed by atoms with Crippen molar-refractivity contribution < 1.29 is 13.2 Å². The molecule has 3 rings (SSSR count). The quantitative estimate of drug-likeness (QED) is 0.839. The molecule has 0 aromatic heterocycles. The highest BCUT2D eigenvalue weighted by Crippen LogP contribution is 2.36. The number of benzene rings is 1. The van der Waals surface area contributed by atoms with Gasteiger partial charge in [0.05, 0.1) is 23.5 Å². The lowest BCUT2D eigenvalue weighted by Crippen LogP contribution is -2.48. The summed E-state index contributed by atoms with van der Waals surface area (Å²) in [5, 5.41) is 0.674. The van der Waals surface area contributed by atoms with Crippen molar-refractivity contribution in [3.8, 4) is 0 Å². The Balaban J connectivity index is 1.72. The third kappa shape index (κ3) is 2.56. The molecule has 0 unspecified atom stereocenters. The smallest absolute Gasteiger partial charge is 0.227 e. The molecule has 20 heavy (non-hydrogen) atoms. The van der Waals surface area contributed by atoms with E-state index in [0.29, 0.717) is 18.0 Å². The average Bonchev–Trinajstić information content (AvgIpc) is 2.71. The summed E-state index contributed by atoms with van der Waals surface area (Å²) in [6.07, 6.45) is 1.39.